The summed E-state index contributed by atoms with van der Waals surface area (Å²) in [5.74, 6) is -0.682. The number of anilines is 1. The molecule has 130 valence electrons. The van der Waals surface area contributed by atoms with Crippen LogP contribution in [0.2, 0.25) is 0 Å². The van der Waals surface area contributed by atoms with Gasteiger partial charge in [-0.15, -0.1) is 0 Å². The fourth-order valence-electron chi connectivity index (χ4n) is 3.05. The first-order valence-corrected chi connectivity index (χ1v) is 9.19. The zero-order valence-electron chi connectivity index (χ0n) is 13.9. The molecular weight excluding hydrogens is 421 g/mol. The monoisotopic (exact) mass is 443 g/mol. The van der Waals surface area contributed by atoms with Crippen molar-refractivity contribution in [1.82, 2.24) is 10.2 Å². The maximum atomic E-state index is 12.7. The number of carbonyl (C=O) groups is 3. The number of halogens is 1. The van der Waals surface area contributed by atoms with Gasteiger partial charge in [-0.1, -0.05) is 32.8 Å². The maximum Gasteiger partial charge on any atom is 0.325 e. The number of amides is 4. The van der Waals surface area contributed by atoms with E-state index < -0.39 is 11.6 Å². The molecule has 1 saturated heterocycles. The standard InChI is InChI=1S/C17H22IN3O3/c1-3-8-17(9-4-2)15(23)21(16(24)20-17)11-14(22)19-13-7-5-6-12(18)10-13/h5-7,10H,3-4,8-9,11H2,1-2H3,(H,19,22)(H,20,24). The molecule has 0 atom stereocenters. The minimum atomic E-state index is -0.858. The summed E-state index contributed by atoms with van der Waals surface area (Å²) in [6, 6.07) is 6.85. The molecule has 4 amide bonds. The van der Waals surface area contributed by atoms with Crippen LogP contribution in [0.3, 0.4) is 0 Å². The molecule has 1 aromatic rings. The molecule has 2 N–H and O–H groups in total. The Morgan fingerprint density at radius 1 is 1.25 bits per heavy atom. The molecule has 6 nitrogen and oxygen atoms in total. The second-order valence-electron chi connectivity index (χ2n) is 5.96. The van der Waals surface area contributed by atoms with Gasteiger partial charge in [-0.3, -0.25) is 14.5 Å². The van der Waals surface area contributed by atoms with Gasteiger partial charge in [0.1, 0.15) is 12.1 Å². The van der Waals surface area contributed by atoms with Crippen molar-refractivity contribution in [1.29, 1.82) is 0 Å². The minimum absolute atomic E-state index is 0.273. The van der Waals surface area contributed by atoms with Gasteiger partial charge in [0.15, 0.2) is 0 Å². The molecule has 0 aromatic heterocycles. The average Bonchev–Trinajstić information content (AvgIpc) is 2.72. The summed E-state index contributed by atoms with van der Waals surface area (Å²) in [7, 11) is 0. The van der Waals surface area contributed by atoms with Crippen LogP contribution in [0.1, 0.15) is 39.5 Å². The van der Waals surface area contributed by atoms with Gasteiger partial charge in [0, 0.05) is 9.26 Å². The Balaban J connectivity index is 2.07. The summed E-state index contributed by atoms with van der Waals surface area (Å²) < 4.78 is 0.991. The van der Waals surface area contributed by atoms with E-state index in [1.54, 1.807) is 6.07 Å². The number of rotatable bonds is 7. The minimum Gasteiger partial charge on any atom is -0.324 e. The van der Waals surface area contributed by atoms with Crippen molar-refractivity contribution in [3.63, 3.8) is 0 Å². The molecule has 1 aliphatic rings. The Morgan fingerprint density at radius 3 is 2.50 bits per heavy atom. The summed E-state index contributed by atoms with van der Waals surface area (Å²) >= 11 is 2.15. The lowest BCUT2D eigenvalue weighted by Gasteiger charge is -2.25. The summed E-state index contributed by atoms with van der Waals surface area (Å²) in [6.07, 6.45) is 2.74. The van der Waals surface area contributed by atoms with E-state index in [0.717, 1.165) is 21.3 Å². The van der Waals surface area contributed by atoms with Crippen molar-refractivity contribution < 1.29 is 14.4 Å². The zero-order chi connectivity index (χ0) is 17.7. The molecule has 1 aliphatic heterocycles. The van der Waals surface area contributed by atoms with Crippen LogP contribution in [-0.4, -0.2) is 34.8 Å². The molecule has 0 unspecified atom stereocenters. The lowest BCUT2D eigenvalue weighted by Crippen LogP contribution is -2.47. The number of benzene rings is 1. The molecule has 24 heavy (non-hydrogen) atoms. The molecule has 1 fully saturated rings. The highest BCUT2D eigenvalue weighted by molar-refractivity contribution is 14.1. The molecule has 1 heterocycles. The normalized spacial score (nSPS) is 16.2. The SMILES string of the molecule is CCCC1(CCC)NC(=O)N(CC(=O)Nc2cccc(I)c2)C1=O. The second-order valence-corrected chi connectivity index (χ2v) is 7.21. The largest absolute Gasteiger partial charge is 0.325 e. The van der Waals surface area contributed by atoms with Crippen LogP contribution in [0.4, 0.5) is 10.5 Å². The predicted octanol–water partition coefficient (Wildman–Crippen LogP) is 3.12. The van der Waals surface area contributed by atoms with Gasteiger partial charge in [0.2, 0.25) is 5.91 Å². The Hall–Kier alpha value is -1.64. The van der Waals surface area contributed by atoms with E-state index in [0.29, 0.717) is 18.5 Å². The van der Waals surface area contributed by atoms with Gasteiger partial charge in [0.25, 0.3) is 5.91 Å². The smallest absolute Gasteiger partial charge is 0.324 e. The van der Waals surface area contributed by atoms with E-state index in [2.05, 4.69) is 33.2 Å². The molecule has 0 radical (unpaired) electrons. The van der Waals surface area contributed by atoms with Crippen molar-refractivity contribution in [2.45, 2.75) is 45.1 Å². The summed E-state index contributed by atoms with van der Waals surface area (Å²) in [6.45, 7) is 3.68. The third-order valence-corrected chi connectivity index (χ3v) is 4.68. The summed E-state index contributed by atoms with van der Waals surface area (Å²) in [4.78, 5) is 38.2. The van der Waals surface area contributed by atoms with Gasteiger partial charge in [-0.2, -0.15) is 0 Å². The number of nitrogens with zero attached hydrogens (tertiary/aromatic N) is 1. The van der Waals surface area contributed by atoms with Gasteiger partial charge >= 0.3 is 6.03 Å². The Morgan fingerprint density at radius 2 is 1.92 bits per heavy atom. The van der Waals surface area contributed by atoms with Crippen LogP contribution in [0.25, 0.3) is 0 Å². The number of nitrogens with one attached hydrogen (secondary N) is 2. The highest BCUT2D eigenvalue weighted by atomic mass is 127. The number of hydrogen-bond acceptors (Lipinski definition) is 3. The summed E-state index contributed by atoms with van der Waals surface area (Å²) in [5.41, 5.74) is -0.212. The van der Waals surface area contributed by atoms with E-state index in [9.17, 15) is 14.4 Å². The first-order valence-electron chi connectivity index (χ1n) is 8.11. The van der Waals surface area contributed by atoms with Crippen molar-refractivity contribution in [2.75, 3.05) is 11.9 Å². The van der Waals surface area contributed by atoms with E-state index in [1.807, 2.05) is 32.0 Å². The third kappa shape index (κ3) is 4.06. The summed E-state index contributed by atoms with van der Waals surface area (Å²) in [5, 5.41) is 5.53. The van der Waals surface area contributed by atoms with Crippen molar-refractivity contribution in [3.05, 3.63) is 27.8 Å². The first-order chi connectivity index (χ1) is 11.4. The van der Waals surface area contributed by atoms with Crippen LogP contribution in [0.5, 0.6) is 0 Å². The lowest BCUT2D eigenvalue weighted by atomic mass is 9.88. The predicted molar refractivity (Wildman–Crippen MR) is 101 cm³/mol. The van der Waals surface area contributed by atoms with E-state index >= 15 is 0 Å². The second kappa shape index (κ2) is 7.96. The molecule has 0 bridgehead atoms. The Bertz CT molecular complexity index is 642. The topological polar surface area (TPSA) is 78.5 Å². The van der Waals surface area contributed by atoms with E-state index in [4.69, 9.17) is 0 Å². The Kier molecular flexibility index (Phi) is 6.20. The number of urea groups is 1. The fourth-order valence-corrected chi connectivity index (χ4v) is 3.59. The first kappa shape index (κ1) is 18.7. The van der Waals surface area contributed by atoms with Gasteiger partial charge in [-0.05, 0) is 53.6 Å². The van der Waals surface area contributed by atoms with Gasteiger partial charge in [-0.25, -0.2) is 4.79 Å². The number of imide groups is 1. The zero-order valence-corrected chi connectivity index (χ0v) is 16.1. The molecule has 2 rings (SSSR count). The molecular formula is C17H22IN3O3. The van der Waals surface area contributed by atoms with Gasteiger partial charge < -0.3 is 10.6 Å². The van der Waals surface area contributed by atoms with Crippen LogP contribution in [-0.2, 0) is 9.59 Å². The number of hydrogen-bond donors (Lipinski definition) is 2. The third-order valence-electron chi connectivity index (χ3n) is 4.01. The molecule has 0 spiro atoms. The fraction of sp³-hybridized carbons (Fsp3) is 0.471. The van der Waals surface area contributed by atoms with Crippen LogP contribution in [0, 0.1) is 3.57 Å². The lowest BCUT2D eigenvalue weighted by molar-refractivity contribution is -0.134. The van der Waals surface area contributed by atoms with E-state index in [-0.39, 0.29) is 18.4 Å². The van der Waals surface area contributed by atoms with E-state index in [1.165, 1.54) is 0 Å². The van der Waals surface area contributed by atoms with Crippen LogP contribution >= 0.6 is 22.6 Å². The number of carbonyl (C=O) groups excluding carboxylic acids is 3. The van der Waals surface area contributed by atoms with Crippen LogP contribution in [0.15, 0.2) is 24.3 Å². The maximum absolute atomic E-state index is 12.7. The average molecular weight is 443 g/mol. The van der Waals surface area contributed by atoms with Crippen LogP contribution < -0.4 is 10.6 Å². The van der Waals surface area contributed by atoms with Gasteiger partial charge in [0.05, 0.1) is 0 Å². The highest BCUT2D eigenvalue weighted by Gasteiger charge is 2.50. The van der Waals surface area contributed by atoms with Crippen molar-refractivity contribution >= 4 is 46.1 Å². The molecule has 1 aromatic carbocycles. The molecule has 0 aliphatic carbocycles. The highest BCUT2D eigenvalue weighted by Crippen LogP contribution is 2.28. The van der Waals surface area contributed by atoms with Crippen molar-refractivity contribution in [2.24, 2.45) is 0 Å². The Labute approximate surface area is 155 Å². The molecule has 7 heteroatoms. The quantitative estimate of drug-likeness (QED) is 0.502. The van der Waals surface area contributed by atoms with Crippen molar-refractivity contribution in [3.8, 4) is 0 Å². The molecule has 0 saturated carbocycles.